The van der Waals surface area contributed by atoms with Gasteiger partial charge in [-0.3, -0.25) is 29.1 Å². The van der Waals surface area contributed by atoms with E-state index >= 15 is 0 Å². The molecule has 0 radical (unpaired) electrons. The summed E-state index contributed by atoms with van der Waals surface area (Å²) in [7, 11) is 0. The van der Waals surface area contributed by atoms with Crippen LogP contribution in [-0.4, -0.2) is 70.2 Å². The van der Waals surface area contributed by atoms with E-state index in [0.29, 0.717) is 45.3 Å². The van der Waals surface area contributed by atoms with E-state index in [1.165, 1.54) is 0 Å². The van der Waals surface area contributed by atoms with Gasteiger partial charge in [-0.05, 0) is 99.2 Å². The fourth-order valence-electron chi connectivity index (χ4n) is 7.46. The maximum Gasteiger partial charge on any atom is 0.324 e. The minimum Gasteiger partial charge on any atom is -0.465 e. The number of carbonyl (C=O) groups is 4. The zero-order valence-corrected chi connectivity index (χ0v) is 30.3. The molecule has 4 heterocycles. The number of fused-ring (bicyclic) bond motifs is 2. The Morgan fingerprint density at radius 1 is 0.519 bits per heavy atom. The molecule has 6 rings (SSSR count). The molecule has 0 bridgehead atoms. The van der Waals surface area contributed by atoms with Crippen molar-refractivity contribution in [2.45, 2.75) is 67.2 Å². The van der Waals surface area contributed by atoms with Crippen molar-refractivity contribution in [1.82, 2.24) is 19.9 Å². The van der Waals surface area contributed by atoms with E-state index < -0.39 is 34.7 Å². The molecule has 0 saturated carbocycles. The summed E-state index contributed by atoms with van der Waals surface area (Å²) in [6.45, 7) is 10.8. The average molecular weight is 707 g/mol. The molecule has 0 atom stereocenters. The van der Waals surface area contributed by atoms with Crippen LogP contribution in [0.3, 0.4) is 0 Å². The molecule has 0 N–H and O–H groups in total. The number of hydrogen-bond acceptors (Lipinski definition) is 12. The number of rotatable bonds is 11. The van der Waals surface area contributed by atoms with Crippen LogP contribution in [0.1, 0.15) is 61.1 Å². The van der Waals surface area contributed by atoms with Crippen molar-refractivity contribution in [2.75, 3.05) is 26.4 Å². The normalized spacial score (nSPS) is 15.0. The van der Waals surface area contributed by atoms with Crippen LogP contribution in [0.5, 0.6) is 0 Å². The van der Waals surface area contributed by atoms with Gasteiger partial charge in [-0.1, -0.05) is 12.1 Å². The Kier molecular flexibility index (Phi) is 10.2. The number of nitrogens with zero attached hydrogens (tertiary/aromatic N) is 4. The van der Waals surface area contributed by atoms with E-state index in [4.69, 9.17) is 28.9 Å². The third-order valence-electron chi connectivity index (χ3n) is 9.98. The summed E-state index contributed by atoms with van der Waals surface area (Å²) in [6.07, 6.45) is 3.24. The van der Waals surface area contributed by atoms with Crippen molar-refractivity contribution in [3.63, 3.8) is 0 Å². The van der Waals surface area contributed by atoms with E-state index in [1.807, 2.05) is 38.1 Å². The Labute approximate surface area is 302 Å². The molecule has 4 aromatic heterocycles. The Bertz CT molecular complexity index is 1870. The lowest BCUT2D eigenvalue weighted by Gasteiger charge is -2.24. The third-order valence-corrected chi connectivity index (χ3v) is 9.98. The van der Waals surface area contributed by atoms with Crippen LogP contribution in [0.25, 0.3) is 34.2 Å². The molecule has 0 saturated heterocycles. The molecular weight excluding hydrogens is 664 g/mol. The monoisotopic (exact) mass is 706 g/mol. The second kappa shape index (κ2) is 14.6. The largest absolute Gasteiger partial charge is 0.465 e. The van der Waals surface area contributed by atoms with E-state index in [0.717, 1.165) is 22.3 Å². The fourth-order valence-corrected chi connectivity index (χ4v) is 7.46. The zero-order valence-electron chi connectivity index (χ0n) is 30.3. The van der Waals surface area contributed by atoms with Gasteiger partial charge in [-0.15, -0.1) is 0 Å². The summed E-state index contributed by atoms with van der Waals surface area (Å²) in [4.78, 5) is 74.9. The summed E-state index contributed by atoms with van der Waals surface area (Å²) in [5.41, 5.74) is 3.86. The molecule has 4 aromatic rings. The summed E-state index contributed by atoms with van der Waals surface area (Å²) in [5, 5.41) is 0. The quantitative estimate of drug-likeness (QED) is 0.113. The highest BCUT2D eigenvalue weighted by atomic mass is 16.6. The number of esters is 4. The van der Waals surface area contributed by atoms with Gasteiger partial charge in [0.1, 0.15) is 0 Å². The molecular formula is C40H42N4O8. The van der Waals surface area contributed by atoms with Crippen LogP contribution in [-0.2, 0) is 63.8 Å². The van der Waals surface area contributed by atoms with Crippen LogP contribution in [0.2, 0.25) is 0 Å². The van der Waals surface area contributed by atoms with Crippen molar-refractivity contribution in [2.24, 2.45) is 10.8 Å². The predicted molar refractivity (Wildman–Crippen MR) is 190 cm³/mol. The molecule has 2 aliphatic carbocycles. The number of hydrogen-bond donors (Lipinski definition) is 0. The van der Waals surface area contributed by atoms with E-state index in [-0.39, 0.29) is 52.1 Å². The van der Waals surface area contributed by atoms with Gasteiger partial charge in [0.25, 0.3) is 0 Å². The number of pyridine rings is 4. The molecule has 12 heteroatoms. The predicted octanol–water partition coefficient (Wildman–Crippen LogP) is 5.31. The third kappa shape index (κ3) is 5.99. The number of aromatic nitrogens is 4. The van der Waals surface area contributed by atoms with Gasteiger partial charge in [0, 0.05) is 38.1 Å². The smallest absolute Gasteiger partial charge is 0.324 e. The SMILES string of the molecule is CCOC(=O)C1(C(=O)OCC)Cc2c(-c3nc(-c4ccccn4)c(C)c4c3CC(C(=O)OCC)(C(=O)OCC)C4)nc(-c3ccccn3)c(C)c2C1. The van der Waals surface area contributed by atoms with Crippen LogP contribution in [0.4, 0.5) is 0 Å². The van der Waals surface area contributed by atoms with Gasteiger partial charge >= 0.3 is 23.9 Å². The Balaban J connectivity index is 1.69. The molecule has 0 aliphatic heterocycles. The minimum atomic E-state index is -1.67. The molecule has 12 nitrogen and oxygen atoms in total. The summed E-state index contributed by atoms with van der Waals surface area (Å²) >= 11 is 0. The van der Waals surface area contributed by atoms with Crippen molar-refractivity contribution >= 4 is 23.9 Å². The second-order valence-corrected chi connectivity index (χ2v) is 13.0. The first-order valence-electron chi connectivity index (χ1n) is 17.6. The topological polar surface area (TPSA) is 157 Å². The first-order chi connectivity index (χ1) is 25.1. The highest BCUT2D eigenvalue weighted by Crippen LogP contribution is 2.50. The Hall–Kier alpha value is -5.52. The summed E-state index contributed by atoms with van der Waals surface area (Å²) in [5.74, 6) is -2.74. The lowest BCUT2D eigenvalue weighted by molar-refractivity contribution is -0.173. The molecule has 0 fully saturated rings. The van der Waals surface area contributed by atoms with Crippen LogP contribution >= 0.6 is 0 Å². The van der Waals surface area contributed by atoms with Crippen LogP contribution in [0.15, 0.2) is 48.8 Å². The maximum absolute atomic E-state index is 13.8. The van der Waals surface area contributed by atoms with Crippen molar-refractivity contribution in [1.29, 1.82) is 0 Å². The highest BCUT2D eigenvalue weighted by Gasteiger charge is 2.57. The van der Waals surface area contributed by atoms with Gasteiger partial charge in [0.15, 0.2) is 10.8 Å². The lowest BCUT2D eigenvalue weighted by atomic mass is 9.84. The minimum absolute atomic E-state index is 0.0118. The standard InChI is InChI=1S/C40H42N4O8/c1-7-49-35(45)39(36(46)50-8-2)19-25-23(5)31(29-15-11-13-17-41-29)43-33(27(25)21-39)34-28-22-40(37(47)51-9-3,38(48)52-10-4)20-26(28)24(6)32(44-34)30-16-12-14-18-42-30/h11-18H,7-10,19-22H2,1-6H3. The van der Waals surface area contributed by atoms with Crippen molar-refractivity contribution < 1.29 is 38.1 Å². The van der Waals surface area contributed by atoms with E-state index in [2.05, 4.69) is 9.97 Å². The molecule has 0 unspecified atom stereocenters. The van der Waals surface area contributed by atoms with Gasteiger partial charge in [0.2, 0.25) is 0 Å². The molecule has 52 heavy (non-hydrogen) atoms. The zero-order chi connectivity index (χ0) is 37.2. The lowest BCUT2D eigenvalue weighted by Crippen LogP contribution is -2.43. The molecule has 0 amide bonds. The first kappa shape index (κ1) is 36.3. The summed E-state index contributed by atoms with van der Waals surface area (Å²) in [6, 6.07) is 11.0. The Morgan fingerprint density at radius 2 is 0.846 bits per heavy atom. The number of carbonyl (C=O) groups excluding carboxylic acids is 4. The second-order valence-electron chi connectivity index (χ2n) is 13.0. The molecule has 0 spiro atoms. The van der Waals surface area contributed by atoms with Gasteiger partial charge in [0.05, 0.1) is 60.6 Å². The first-order valence-corrected chi connectivity index (χ1v) is 17.6. The van der Waals surface area contributed by atoms with Crippen molar-refractivity contribution in [3.05, 3.63) is 82.2 Å². The van der Waals surface area contributed by atoms with Gasteiger partial charge in [-0.25, -0.2) is 9.97 Å². The maximum atomic E-state index is 13.8. The van der Waals surface area contributed by atoms with E-state index in [9.17, 15) is 19.2 Å². The van der Waals surface area contributed by atoms with E-state index in [1.54, 1.807) is 52.2 Å². The van der Waals surface area contributed by atoms with Crippen LogP contribution in [0, 0.1) is 24.7 Å². The number of ether oxygens (including phenoxy) is 4. The molecule has 270 valence electrons. The van der Waals surface area contributed by atoms with Gasteiger partial charge < -0.3 is 18.9 Å². The van der Waals surface area contributed by atoms with Crippen molar-refractivity contribution in [3.8, 4) is 34.2 Å². The highest BCUT2D eigenvalue weighted by molar-refractivity contribution is 6.03. The summed E-state index contributed by atoms with van der Waals surface area (Å²) < 4.78 is 22.1. The molecule has 2 aliphatic rings. The van der Waals surface area contributed by atoms with Crippen LogP contribution < -0.4 is 0 Å². The van der Waals surface area contributed by atoms with Gasteiger partial charge in [-0.2, -0.15) is 0 Å². The molecule has 0 aromatic carbocycles. The fraction of sp³-hybridized carbons (Fsp3) is 0.400. The average Bonchev–Trinajstić information content (AvgIpc) is 3.77. The Morgan fingerprint density at radius 3 is 1.13 bits per heavy atom.